The molecule has 0 atom stereocenters. The number of nitrogens with one attached hydrogen (secondary N) is 2. The first kappa shape index (κ1) is 15.4. The molecule has 0 rings (SSSR count). The molecule has 1 amide bonds. The van der Waals surface area contributed by atoms with Gasteiger partial charge in [-0.15, -0.1) is 0 Å². The molecular weight excluding hydrogens is 200 g/mol. The summed E-state index contributed by atoms with van der Waals surface area (Å²) in [5, 5.41) is 6.15. The van der Waals surface area contributed by atoms with Crippen LogP contribution in [0.3, 0.4) is 0 Å². The van der Waals surface area contributed by atoms with E-state index < -0.39 is 0 Å². The van der Waals surface area contributed by atoms with E-state index in [1.165, 1.54) is 0 Å². The van der Waals surface area contributed by atoms with Crippen molar-refractivity contribution in [2.75, 3.05) is 13.1 Å². The minimum Gasteiger partial charge on any atom is -0.354 e. The van der Waals surface area contributed by atoms with Crippen LogP contribution in [0.15, 0.2) is 0 Å². The zero-order valence-electron chi connectivity index (χ0n) is 11.9. The van der Waals surface area contributed by atoms with Gasteiger partial charge in [-0.3, -0.25) is 4.79 Å². The molecule has 16 heavy (non-hydrogen) atoms. The molecular formula is C13H28N2O. The molecule has 0 aromatic heterocycles. The van der Waals surface area contributed by atoms with Crippen LogP contribution >= 0.6 is 0 Å². The van der Waals surface area contributed by atoms with Gasteiger partial charge in [-0.25, -0.2) is 0 Å². The minimum absolute atomic E-state index is 0.00902. The maximum Gasteiger partial charge on any atom is 0.233 e. The monoisotopic (exact) mass is 228 g/mol. The highest BCUT2D eigenvalue weighted by Crippen LogP contribution is 2.24. The van der Waals surface area contributed by atoms with Gasteiger partial charge in [-0.1, -0.05) is 27.7 Å². The zero-order valence-corrected chi connectivity index (χ0v) is 11.9. The zero-order chi connectivity index (χ0) is 13.0. The molecule has 0 aromatic rings. The van der Waals surface area contributed by atoms with Gasteiger partial charge < -0.3 is 10.6 Å². The van der Waals surface area contributed by atoms with Crippen molar-refractivity contribution in [2.45, 2.75) is 54.0 Å². The highest BCUT2D eigenvalue weighted by Gasteiger charge is 2.23. The summed E-state index contributed by atoms with van der Waals surface area (Å²) in [7, 11) is 0. The molecule has 0 aliphatic carbocycles. The molecule has 96 valence electrons. The largest absolute Gasteiger partial charge is 0.354 e. The normalized spacial score (nSPS) is 13.0. The molecule has 0 spiro atoms. The van der Waals surface area contributed by atoms with Crippen molar-refractivity contribution in [3.63, 3.8) is 0 Å². The van der Waals surface area contributed by atoms with Crippen LogP contribution in [0.4, 0.5) is 0 Å². The molecule has 0 aliphatic rings. The molecule has 0 aliphatic heterocycles. The summed E-state index contributed by atoms with van der Waals surface area (Å²) in [5.41, 5.74) is 0.141. The molecule has 0 heterocycles. The van der Waals surface area contributed by atoms with Gasteiger partial charge >= 0.3 is 0 Å². The molecule has 0 unspecified atom stereocenters. The van der Waals surface area contributed by atoms with E-state index in [9.17, 15) is 4.79 Å². The number of carbonyl (C=O) groups is 1. The Bertz CT molecular complexity index is 227. The van der Waals surface area contributed by atoms with Crippen molar-refractivity contribution in [1.29, 1.82) is 0 Å². The maximum absolute atomic E-state index is 11.6. The van der Waals surface area contributed by atoms with Crippen molar-refractivity contribution in [3.05, 3.63) is 0 Å². The van der Waals surface area contributed by atoms with Crippen molar-refractivity contribution in [2.24, 2.45) is 11.3 Å². The van der Waals surface area contributed by atoms with Crippen LogP contribution in [0.1, 0.15) is 48.5 Å². The number of hydrogen-bond donors (Lipinski definition) is 2. The quantitative estimate of drug-likeness (QED) is 0.757. The summed E-state index contributed by atoms with van der Waals surface area (Å²) in [6.45, 7) is 16.0. The molecule has 0 saturated carbocycles. The minimum atomic E-state index is -0.00902. The third kappa shape index (κ3) is 6.83. The van der Waals surface area contributed by atoms with Crippen LogP contribution in [-0.2, 0) is 4.79 Å². The highest BCUT2D eigenvalue weighted by atomic mass is 16.1. The number of hydrogen-bond acceptors (Lipinski definition) is 2. The first-order valence-corrected chi connectivity index (χ1v) is 6.06. The Balaban J connectivity index is 3.91. The van der Waals surface area contributed by atoms with Gasteiger partial charge in [0.1, 0.15) is 0 Å². The van der Waals surface area contributed by atoms with Gasteiger partial charge in [0.15, 0.2) is 0 Å². The first-order chi connectivity index (χ1) is 7.04. The molecule has 2 N–H and O–H groups in total. The molecule has 3 heteroatoms. The van der Waals surface area contributed by atoms with E-state index in [4.69, 9.17) is 0 Å². The van der Waals surface area contributed by atoms with E-state index in [1.807, 2.05) is 0 Å². The average molecular weight is 228 g/mol. The second kappa shape index (κ2) is 5.67. The van der Waals surface area contributed by atoms with E-state index in [0.717, 1.165) is 6.54 Å². The van der Waals surface area contributed by atoms with Gasteiger partial charge in [-0.05, 0) is 32.1 Å². The summed E-state index contributed by atoms with van der Waals surface area (Å²) in [6, 6.07) is 0. The predicted octanol–water partition coefficient (Wildman–Crippen LogP) is 2.17. The summed E-state index contributed by atoms with van der Waals surface area (Å²) < 4.78 is 0. The fourth-order valence-corrected chi connectivity index (χ4v) is 0.938. The third-order valence-corrected chi connectivity index (χ3v) is 3.08. The van der Waals surface area contributed by atoms with Crippen LogP contribution in [0, 0.1) is 11.3 Å². The Labute approximate surface area is 100 Å². The van der Waals surface area contributed by atoms with Crippen molar-refractivity contribution in [1.82, 2.24) is 10.6 Å². The Morgan fingerprint density at radius 1 is 1.12 bits per heavy atom. The lowest BCUT2D eigenvalue weighted by Crippen LogP contribution is -2.45. The maximum atomic E-state index is 11.6. The molecule has 0 aromatic carbocycles. The topological polar surface area (TPSA) is 41.1 Å². The van der Waals surface area contributed by atoms with Gasteiger partial charge in [0.05, 0.1) is 6.54 Å². The molecule has 0 fully saturated rings. The SMILES string of the molecule is CC(C)C(C)(C)CNC(=O)CNC(C)(C)C. The smallest absolute Gasteiger partial charge is 0.233 e. The predicted molar refractivity (Wildman–Crippen MR) is 69.4 cm³/mol. The Morgan fingerprint density at radius 2 is 1.62 bits per heavy atom. The van der Waals surface area contributed by atoms with Crippen molar-refractivity contribution >= 4 is 5.91 Å². The number of carbonyl (C=O) groups excluding carboxylic acids is 1. The van der Waals surface area contributed by atoms with E-state index in [0.29, 0.717) is 12.5 Å². The number of amides is 1. The molecule has 3 nitrogen and oxygen atoms in total. The van der Waals surface area contributed by atoms with E-state index >= 15 is 0 Å². The van der Waals surface area contributed by atoms with Crippen molar-refractivity contribution in [3.8, 4) is 0 Å². The van der Waals surface area contributed by atoms with Crippen LogP contribution in [0.25, 0.3) is 0 Å². The van der Waals surface area contributed by atoms with Gasteiger partial charge in [0.2, 0.25) is 5.91 Å². The summed E-state index contributed by atoms with van der Waals surface area (Å²) in [4.78, 5) is 11.6. The van der Waals surface area contributed by atoms with Gasteiger partial charge in [-0.2, -0.15) is 0 Å². The fourth-order valence-electron chi connectivity index (χ4n) is 0.938. The van der Waals surface area contributed by atoms with Crippen LogP contribution < -0.4 is 10.6 Å². The van der Waals surface area contributed by atoms with E-state index in [2.05, 4.69) is 59.1 Å². The highest BCUT2D eigenvalue weighted by molar-refractivity contribution is 5.78. The van der Waals surface area contributed by atoms with Gasteiger partial charge in [0.25, 0.3) is 0 Å². The lowest BCUT2D eigenvalue weighted by Gasteiger charge is -2.29. The first-order valence-electron chi connectivity index (χ1n) is 6.06. The van der Waals surface area contributed by atoms with Gasteiger partial charge in [0, 0.05) is 12.1 Å². The third-order valence-electron chi connectivity index (χ3n) is 3.08. The van der Waals surface area contributed by atoms with Crippen molar-refractivity contribution < 1.29 is 4.79 Å². The lowest BCUT2D eigenvalue weighted by molar-refractivity contribution is -0.121. The molecule has 0 bridgehead atoms. The second-order valence-corrected chi connectivity index (χ2v) is 6.52. The Morgan fingerprint density at radius 3 is 2.00 bits per heavy atom. The van der Waals surface area contributed by atoms with E-state index in [-0.39, 0.29) is 16.9 Å². The number of rotatable bonds is 5. The summed E-state index contributed by atoms with van der Waals surface area (Å²) >= 11 is 0. The van der Waals surface area contributed by atoms with Crippen LogP contribution in [0.2, 0.25) is 0 Å². The molecule has 0 radical (unpaired) electrons. The summed E-state index contributed by atoms with van der Waals surface area (Å²) in [6.07, 6.45) is 0. The average Bonchev–Trinajstić information content (AvgIpc) is 2.10. The van der Waals surface area contributed by atoms with Crippen LogP contribution in [-0.4, -0.2) is 24.5 Å². The summed E-state index contributed by atoms with van der Waals surface area (Å²) in [5.74, 6) is 0.632. The van der Waals surface area contributed by atoms with E-state index in [1.54, 1.807) is 0 Å². The second-order valence-electron chi connectivity index (χ2n) is 6.52. The van der Waals surface area contributed by atoms with Crippen LogP contribution in [0.5, 0.6) is 0 Å². The fraction of sp³-hybridized carbons (Fsp3) is 0.923. The molecule has 0 saturated heterocycles. The standard InChI is InChI=1S/C13H28N2O/c1-10(2)13(6,7)9-14-11(16)8-15-12(3,4)5/h10,15H,8-9H2,1-7H3,(H,14,16). The Kier molecular flexibility index (Phi) is 5.47. The lowest BCUT2D eigenvalue weighted by atomic mass is 9.81. The Hall–Kier alpha value is -0.570.